The van der Waals surface area contributed by atoms with Crippen LogP contribution >= 0.6 is 23.4 Å². The van der Waals surface area contributed by atoms with E-state index in [0.29, 0.717) is 40.7 Å². The van der Waals surface area contributed by atoms with E-state index in [9.17, 15) is 9.59 Å². The third-order valence-electron chi connectivity index (χ3n) is 3.57. The van der Waals surface area contributed by atoms with Crippen LogP contribution in [0.5, 0.6) is 0 Å². The predicted octanol–water partition coefficient (Wildman–Crippen LogP) is 2.52. The summed E-state index contributed by atoms with van der Waals surface area (Å²) in [5.74, 6) is 0.897. The molecule has 2 amide bonds. The fourth-order valence-corrected chi connectivity index (χ4v) is 3.25. The van der Waals surface area contributed by atoms with Crippen LogP contribution in [0.15, 0.2) is 23.5 Å². The highest BCUT2D eigenvalue weighted by Crippen LogP contribution is 2.25. The fraction of sp³-hybridized carbons (Fsp3) is 0.471. The number of hydrogen-bond donors (Lipinski definition) is 2. The summed E-state index contributed by atoms with van der Waals surface area (Å²) in [5.41, 5.74) is 5.23. The van der Waals surface area contributed by atoms with E-state index >= 15 is 0 Å². The molecule has 0 fully saturated rings. The van der Waals surface area contributed by atoms with Gasteiger partial charge in [0.2, 0.25) is 11.8 Å². The number of nitrogens with one attached hydrogen (secondary N) is 1. The van der Waals surface area contributed by atoms with Gasteiger partial charge < -0.3 is 15.6 Å². The molecule has 0 aromatic carbocycles. The summed E-state index contributed by atoms with van der Waals surface area (Å²) in [5, 5.41) is 11.8. The van der Waals surface area contributed by atoms with E-state index in [4.69, 9.17) is 17.3 Å². The summed E-state index contributed by atoms with van der Waals surface area (Å²) in [4.78, 5) is 27.6. The second-order valence-electron chi connectivity index (χ2n) is 6.48. The summed E-state index contributed by atoms with van der Waals surface area (Å²) in [6.45, 7) is 6.63. The SMILES string of the molecule is CC(C)Cn1c(CCC(N)=O)nnc1S[C@H](C)C(=O)Nc1ccc(Cl)cn1. The lowest BCUT2D eigenvalue weighted by atomic mass is 10.2. The Morgan fingerprint density at radius 3 is 2.63 bits per heavy atom. The highest BCUT2D eigenvalue weighted by atomic mass is 35.5. The van der Waals surface area contributed by atoms with Gasteiger partial charge in [0.05, 0.1) is 10.3 Å². The molecule has 10 heteroatoms. The smallest absolute Gasteiger partial charge is 0.238 e. The maximum atomic E-state index is 12.4. The number of amides is 2. The van der Waals surface area contributed by atoms with Gasteiger partial charge in [0.25, 0.3) is 0 Å². The van der Waals surface area contributed by atoms with Crippen molar-refractivity contribution in [2.24, 2.45) is 11.7 Å². The molecule has 2 rings (SSSR count). The van der Waals surface area contributed by atoms with Crippen molar-refractivity contribution in [3.8, 4) is 0 Å². The maximum absolute atomic E-state index is 12.4. The van der Waals surface area contributed by atoms with Crippen molar-refractivity contribution in [1.29, 1.82) is 0 Å². The molecule has 3 N–H and O–H groups in total. The number of carbonyl (C=O) groups is 2. The first kappa shape index (κ1) is 21.2. The van der Waals surface area contributed by atoms with Crippen LogP contribution in [0.2, 0.25) is 5.02 Å². The fourth-order valence-electron chi connectivity index (χ4n) is 2.26. The van der Waals surface area contributed by atoms with Crippen LogP contribution < -0.4 is 11.1 Å². The van der Waals surface area contributed by atoms with Gasteiger partial charge in [-0.1, -0.05) is 37.2 Å². The number of rotatable bonds is 9. The minimum absolute atomic E-state index is 0.201. The van der Waals surface area contributed by atoms with Gasteiger partial charge in [-0.3, -0.25) is 9.59 Å². The van der Waals surface area contributed by atoms with E-state index in [0.717, 1.165) is 0 Å². The Bertz CT molecular complexity index is 793. The Morgan fingerprint density at radius 2 is 2.04 bits per heavy atom. The normalized spacial score (nSPS) is 12.2. The molecule has 8 nitrogen and oxygen atoms in total. The van der Waals surface area contributed by atoms with Gasteiger partial charge in [0.15, 0.2) is 5.16 Å². The number of carbonyl (C=O) groups excluding carboxylic acids is 2. The molecule has 2 aromatic rings. The largest absolute Gasteiger partial charge is 0.370 e. The maximum Gasteiger partial charge on any atom is 0.238 e. The Labute approximate surface area is 167 Å². The quantitative estimate of drug-likeness (QED) is 0.613. The zero-order chi connectivity index (χ0) is 20.0. The Hall–Kier alpha value is -2.13. The molecule has 146 valence electrons. The second kappa shape index (κ2) is 9.70. The predicted molar refractivity (Wildman–Crippen MR) is 106 cm³/mol. The standard InChI is InChI=1S/C17H23ClN6O2S/c1-10(2)9-24-15(7-5-13(19)25)22-23-17(24)27-11(3)16(26)21-14-6-4-12(18)8-20-14/h4,6,8,10-11H,5,7,9H2,1-3H3,(H2,19,25)(H,20,21,26)/t11-/m1/s1. The number of aromatic nitrogens is 4. The van der Waals surface area contributed by atoms with Crippen LogP contribution in [0.3, 0.4) is 0 Å². The van der Waals surface area contributed by atoms with Crippen LogP contribution in [0, 0.1) is 5.92 Å². The van der Waals surface area contributed by atoms with Crippen molar-refractivity contribution in [1.82, 2.24) is 19.7 Å². The number of aryl methyl sites for hydroxylation is 1. The molecule has 0 bridgehead atoms. The summed E-state index contributed by atoms with van der Waals surface area (Å²) in [7, 11) is 0. The number of nitrogens with two attached hydrogens (primary N) is 1. The molecule has 0 aliphatic heterocycles. The van der Waals surface area contributed by atoms with Gasteiger partial charge in [0.1, 0.15) is 11.6 Å². The van der Waals surface area contributed by atoms with Gasteiger partial charge in [-0.05, 0) is 25.0 Å². The van der Waals surface area contributed by atoms with Crippen molar-refractivity contribution in [2.45, 2.75) is 50.6 Å². The van der Waals surface area contributed by atoms with Crippen LogP contribution in [-0.2, 0) is 22.6 Å². The topological polar surface area (TPSA) is 116 Å². The second-order valence-corrected chi connectivity index (χ2v) is 8.22. The van der Waals surface area contributed by atoms with Crippen molar-refractivity contribution in [3.63, 3.8) is 0 Å². The van der Waals surface area contributed by atoms with Gasteiger partial charge in [-0.15, -0.1) is 10.2 Å². The number of halogens is 1. The number of primary amides is 1. The summed E-state index contributed by atoms with van der Waals surface area (Å²) >= 11 is 7.10. The van der Waals surface area contributed by atoms with Crippen LogP contribution in [0.1, 0.15) is 33.0 Å². The van der Waals surface area contributed by atoms with Crippen molar-refractivity contribution < 1.29 is 9.59 Å². The van der Waals surface area contributed by atoms with E-state index in [1.807, 2.05) is 4.57 Å². The van der Waals surface area contributed by atoms with E-state index in [2.05, 4.69) is 34.3 Å². The molecule has 27 heavy (non-hydrogen) atoms. The lowest BCUT2D eigenvalue weighted by Gasteiger charge is -2.15. The van der Waals surface area contributed by atoms with Gasteiger partial charge in [-0.2, -0.15) is 0 Å². The first-order valence-electron chi connectivity index (χ1n) is 8.55. The molecule has 0 aliphatic carbocycles. The zero-order valence-corrected chi connectivity index (χ0v) is 17.0. The molecule has 0 saturated carbocycles. The van der Waals surface area contributed by atoms with Gasteiger partial charge in [0, 0.05) is 25.6 Å². The number of anilines is 1. The third-order valence-corrected chi connectivity index (χ3v) is 4.87. The van der Waals surface area contributed by atoms with E-state index < -0.39 is 5.25 Å². The molecular formula is C17H23ClN6O2S. The monoisotopic (exact) mass is 410 g/mol. The van der Waals surface area contributed by atoms with Crippen LogP contribution in [-0.4, -0.2) is 36.8 Å². The molecule has 2 aromatic heterocycles. The molecule has 2 heterocycles. The number of hydrogen-bond acceptors (Lipinski definition) is 6. The average molecular weight is 411 g/mol. The molecule has 0 saturated heterocycles. The van der Waals surface area contributed by atoms with Crippen molar-refractivity contribution in [3.05, 3.63) is 29.2 Å². The highest BCUT2D eigenvalue weighted by Gasteiger charge is 2.21. The molecule has 0 radical (unpaired) electrons. The lowest BCUT2D eigenvalue weighted by molar-refractivity contribution is -0.118. The van der Waals surface area contributed by atoms with E-state index in [-0.39, 0.29) is 18.2 Å². The zero-order valence-electron chi connectivity index (χ0n) is 15.5. The molecule has 1 atom stereocenters. The molecule has 0 spiro atoms. The lowest BCUT2D eigenvalue weighted by Crippen LogP contribution is -2.23. The highest BCUT2D eigenvalue weighted by molar-refractivity contribution is 8.00. The van der Waals surface area contributed by atoms with Gasteiger partial charge >= 0.3 is 0 Å². The van der Waals surface area contributed by atoms with Crippen molar-refractivity contribution >= 4 is 41.0 Å². The van der Waals surface area contributed by atoms with Crippen LogP contribution in [0.25, 0.3) is 0 Å². The summed E-state index contributed by atoms with van der Waals surface area (Å²) in [6, 6.07) is 3.30. The minimum Gasteiger partial charge on any atom is -0.370 e. The number of thioether (sulfide) groups is 1. The third kappa shape index (κ3) is 6.51. The summed E-state index contributed by atoms with van der Waals surface area (Å²) < 4.78 is 1.95. The first-order chi connectivity index (χ1) is 12.8. The molecule has 0 aliphatic rings. The van der Waals surface area contributed by atoms with E-state index in [1.54, 1.807) is 19.1 Å². The minimum atomic E-state index is -0.415. The Kier molecular flexibility index (Phi) is 7.61. The van der Waals surface area contributed by atoms with E-state index in [1.165, 1.54) is 18.0 Å². The Morgan fingerprint density at radius 1 is 1.30 bits per heavy atom. The summed E-state index contributed by atoms with van der Waals surface area (Å²) in [6.07, 6.45) is 2.10. The number of pyridine rings is 1. The Balaban J connectivity index is 2.08. The molecule has 0 unspecified atom stereocenters. The van der Waals surface area contributed by atoms with Crippen molar-refractivity contribution in [2.75, 3.05) is 5.32 Å². The average Bonchev–Trinajstić information content (AvgIpc) is 2.96. The molecular weight excluding hydrogens is 388 g/mol. The number of nitrogens with zero attached hydrogens (tertiary/aromatic N) is 4. The van der Waals surface area contributed by atoms with Gasteiger partial charge in [-0.25, -0.2) is 4.98 Å². The van der Waals surface area contributed by atoms with Crippen LogP contribution in [0.4, 0.5) is 5.82 Å². The first-order valence-corrected chi connectivity index (χ1v) is 9.81.